The number of nitrogen functional groups attached to an aromatic ring is 1. The molecule has 0 aliphatic rings. The van der Waals surface area contributed by atoms with Gasteiger partial charge in [-0.25, -0.2) is 4.68 Å². The lowest BCUT2D eigenvalue weighted by Gasteiger charge is -2.11. The Balaban J connectivity index is 1.86. The largest absolute Gasteiger partial charge is 0.493 e. The summed E-state index contributed by atoms with van der Waals surface area (Å²) in [6.07, 6.45) is 2.78. The quantitative estimate of drug-likeness (QED) is 0.655. The topological polar surface area (TPSA) is 66.0 Å². The van der Waals surface area contributed by atoms with Gasteiger partial charge in [0.05, 0.1) is 6.61 Å². The minimum Gasteiger partial charge on any atom is -0.493 e. The van der Waals surface area contributed by atoms with Gasteiger partial charge in [0.2, 0.25) is 11.1 Å². The summed E-state index contributed by atoms with van der Waals surface area (Å²) in [6.45, 7) is 5.47. The summed E-state index contributed by atoms with van der Waals surface area (Å²) in [6, 6.07) is 6.16. The Labute approximate surface area is 123 Å². The molecule has 2 N–H and O–H groups in total. The van der Waals surface area contributed by atoms with Crippen LogP contribution in [0.2, 0.25) is 0 Å². The predicted molar refractivity (Wildman–Crippen MR) is 82.2 cm³/mol. The molecule has 1 aromatic heterocycles. The molecule has 0 aliphatic carbocycles. The van der Waals surface area contributed by atoms with Crippen molar-refractivity contribution in [1.29, 1.82) is 0 Å². The number of rotatable bonds is 6. The van der Waals surface area contributed by atoms with E-state index in [1.54, 1.807) is 4.68 Å². The molecule has 0 saturated carbocycles. The molecule has 0 aliphatic heterocycles. The Kier molecular flexibility index (Phi) is 4.89. The van der Waals surface area contributed by atoms with Gasteiger partial charge in [0.1, 0.15) is 5.75 Å². The summed E-state index contributed by atoms with van der Waals surface area (Å²) in [7, 11) is 0. The molecule has 108 valence electrons. The van der Waals surface area contributed by atoms with Crippen LogP contribution in [-0.4, -0.2) is 27.6 Å². The van der Waals surface area contributed by atoms with Crippen LogP contribution in [0.4, 0.5) is 5.95 Å². The number of ether oxygens (including phenoxy) is 1. The van der Waals surface area contributed by atoms with Crippen LogP contribution in [0, 0.1) is 13.8 Å². The van der Waals surface area contributed by atoms with Gasteiger partial charge < -0.3 is 10.5 Å². The number of nitrogens with two attached hydrogens (primary N) is 1. The van der Waals surface area contributed by atoms with E-state index in [9.17, 15) is 0 Å². The van der Waals surface area contributed by atoms with Crippen LogP contribution < -0.4 is 10.5 Å². The fourth-order valence-corrected chi connectivity index (χ4v) is 2.36. The molecule has 5 nitrogen and oxygen atoms in total. The summed E-state index contributed by atoms with van der Waals surface area (Å²) < 4.78 is 7.58. The van der Waals surface area contributed by atoms with Gasteiger partial charge in [0.25, 0.3) is 0 Å². The van der Waals surface area contributed by atoms with Gasteiger partial charge in [-0.15, -0.1) is 5.10 Å². The third-order valence-corrected chi connectivity index (χ3v) is 3.57. The van der Waals surface area contributed by atoms with Crippen molar-refractivity contribution >= 4 is 17.7 Å². The molecule has 6 heteroatoms. The number of aryl methyl sites for hydroxylation is 3. The van der Waals surface area contributed by atoms with Crippen molar-refractivity contribution in [2.24, 2.45) is 0 Å². The average Bonchev–Trinajstić information content (AvgIpc) is 2.78. The van der Waals surface area contributed by atoms with Gasteiger partial charge in [-0.05, 0) is 31.2 Å². The van der Waals surface area contributed by atoms with Crippen LogP contribution in [0.3, 0.4) is 0 Å². The monoisotopic (exact) mass is 292 g/mol. The second kappa shape index (κ2) is 6.65. The molecule has 1 aromatic carbocycles. The van der Waals surface area contributed by atoms with E-state index in [0.717, 1.165) is 23.3 Å². The summed E-state index contributed by atoms with van der Waals surface area (Å²) in [5.41, 5.74) is 8.12. The number of hydrogen-bond acceptors (Lipinski definition) is 5. The fourth-order valence-electron chi connectivity index (χ4n) is 2.00. The number of aromatic nitrogens is 3. The first-order chi connectivity index (χ1) is 9.61. The molecule has 1 heterocycles. The molecular weight excluding hydrogens is 272 g/mol. The molecular formula is C14H20N4OS. The minimum atomic E-state index is 0.460. The summed E-state index contributed by atoms with van der Waals surface area (Å²) in [5.74, 6) is 1.44. The van der Waals surface area contributed by atoms with Crippen molar-refractivity contribution in [2.45, 2.75) is 32.0 Å². The zero-order valence-electron chi connectivity index (χ0n) is 12.1. The molecule has 20 heavy (non-hydrogen) atoms. The highest BCUT2D eigenvalue weighted by Gasteiger charge is 2.06. The summed E-state index contributed by atoms with van der Waals surface area (Å²) >= 11 is 1.49. The molecule has 2 aromatic rings. The molecule has 0 bridgehead atoms. The highest BCUT2D eigenvalue weighted by atomic mass is 32.2. The Morgan fingerprint density at radius 3 is 2.60 bits per heavy atom. The standard InChI is InChI=1S/C14H20N4OS/c1-10-6-4-7-11(2)12(10)19-9-5-8-18-13(15)16-14(17-18)20-3/h4,6-7H,5,8-9H2,1-3H3,(H2,15,16,17). The van der Waals surface area contributed by atoms with E-state index in [4.69, 9.17) is 10.5 Å². The molecule has 0 saturated heterocycles. The van der Waals surface area contributed by atoms with Crippen LogP contribution in [0.15, 0.2) is 23.4 Å². The highest BCUT2D eigenvalue weighted by Crippen LogP contribution is 2.22. The van der Waals surface area contributed by atoms with Crippen molar-refractivity contribution in [3.05, 3.63) is 29.3 Å². The van der Waals surface area contributed by atoms with E-state index < -0.39 is 0 Å². The first kappa shape index (κ1) is 14.7. The van der Waals surface area contributed by atoms with Gasteiger partial charge in [-0.2, -0.15) is 4.98 Å². The molecule has 0 spiro atoms. The van der Waals surface area contributed by atoms with E-state index in [2.05, 4.69) is 36.1 Å². The molecule has 0 unspecified atom stereocenters. The zero-order valence-corrected chi connectivity index (χ0v) is 12.9. The maximum Gasteiger partial charge on any atom is 0.219 e. The molecule has 0 radical (unpaired) electrons. The van der Waals surface area contributed by atoms with Gasteiger partial charge >= 0.3 is 0 Å². The molecule has 0 fully saturated rings. The van der Waals surface area contributed by atoms with E-state index >= 15 is 0 Å². The second-order valence-electron chi connectivity index (χ2n) is 4.60. The van der Waals surface area contributed by atoms with Crippen molar-refractivity contribution in [1.82, 2.24) is 14.8 Å². The first-order valence-corrected chi connectivity index (χ1v) is 7.77. The van der Waals surface area contributed by atoms with E-state index in [-0.39, 0.29) is 0 Å². The minimum absolute atomic E-state index is 0.460. The van der Waals surface area contributed by atoms with Crippen LogP contribution in [0.1, 0.15) is 17.5 Å². The number of benzene rings is 1. The Bertz CT molecular complexity index is 562. The zero-order chi connectivity index (χ0) is 14.5. The van der Waals surface area contributed by atoms with E-state index in [1.165, 1.54) is 11.8 Å². The Hall–Kier alpha value is -1.69. The smallest absolute Gasteiger partial charge is 0.219 e. The van der Waals surface area contributed by atoms with E-state index in [0.29, 0.717) is 24.3 Å². The van der Waals surface area contributed by atoms with Crippen molar-refractivity contribution in [2.75, 3.05) is 18.6 Å². The van der Waals surface area contributed by atoms with Crippen LogP contribution in [0.25, 0.3) is 0 Å². The molecule has 0 amide bonds. The highest BCUT2D eigenvalue weighted by molar-refractivity contribution is 7.98. The maximum absolute atomic E-state index is 5.85. The predicted octanol–water partition coefficient (Wildman–Crippen LogP) is 2.67. The normalized spacial score (nSPS) is 10.8. The number of thioether (sulfide) groups is 1. The second-order valence-corrected chi connectivity index (χ2v) is 5.38. The Morgan fingerprint density at radius 1 is 1.30 bits per heavy atom. The van der Waals surface area contributed by atoms with Crippen molar-refractivity contribution < 1.29 is 4.74 Å². The van der Waals surface area contributed by atoms with Crippen LogP contribution in [0.5, 0.6) is 5.75 Å². The van der Waals surface area contributed by atoms with Gasteiger partial charge in [-0.1, -0.05) is 30.0 Å². The number of para-hydroxylation sites is 1. The molecule has 0 atom stereocenters. The lowest BCUT2D eigenvalue weighted by Crippen LogP contribution is -2.09. The van der Waals surface area contributed by atoms with Crippen molar-refractivity contribution in [3.8, 4) is 5.75 Å². The SMILES string of the molecule is CSc1nc(N)n(CCCOc2c(C)cccc2C)n1. The average molecular weight is 292 g/mol. The maximum atomic E-state index is 5.85. The fraction of sp³-hybridized carbons (Fsp3) is 0.429. The van der Waals surface area contributed by atoms with Crippen LogP contribution in [-0.2, 0) is 6.54 Å². The first-order valence-electron chi connectivity index (χ1n) is 6.55. The van der Waals surface area contributed by atoms with Crippen LogP contribution >= 0.6 is 11.8 Å². The number of anilines is 1. The van der Waals surface area contributed by atoms with Gasteiger partial charge in [0.15, 0.2) is 0 Å². The third-order valence-electron chi connectivity index (χ3n) is 3.03. The van der Waals surface area contributed by atoms with Crippen molar-refractivity contribution in [3.63, 3.8) is 0 Å². The number of nitrogens with zero attached hydrogens (tertiary/aromatic N) is 3. The van der Waals surface area contributed by atoms with Gasteiger partial charge in [0, 0.05) is 13.0 Å². The summed E-state index contributed by atoms with van der Waals surface area (Å²) in [4.78, 5) is 4.15. The van der Waals surface area contributed by atoms with E-state index in [1.807, 2.05) is 12.3 Å². The number of hydrogen-bond donors (Lipinski definition) is 1. The summed E-state index contributed by atoms with van der Waals surface area (Å²) in [5, 5.41) is 5.00. The lowest BCUT2D eigenvalue weighted by molar-refractivity contribution is 0.295. The Morgan fingerprint density at radius 2 is 2.00 bits per heavy atom. The lowest BCUT2D eigenvalue weighted by atomic mass is 10.1. The van der Waals surface area contributed by atoms with Gasteiger partial charge in [-0.3, -0.25) is 0 Å². The molecule has 2 rings (SSSR count). The third kappa shape index (κ3) is 3.45.